The Bertz CT molecular complexity index is 205. The second-order valence-corrected chi connectivity index (χ2v) is 14.4. The third-order valence-corrected chi connectivity index (χ3v) is 0. The molecular weight excluding hydrogens is 256 g/mol. The van der Waals surface area contributed by atoms with E-state index in [9.17, 15) is 0 Å². The monoisotopic (exact) mass is 278 g/mol. The second-order valence-electron chi connectivity index (χ2n) is 4.79. The normalized spacial score (nSPS) is 11.9. The summed E-state index contributed by atoms with van der Waals surface area (Å²) in [6, 6.07) is 0. The third-order valence-electron chi connectivity index (χ3n) is 0. The molecule has 0 bridgehead atoms. The van der Waals surface area contributed by atoms with Gasteiger partial charge in [0.15, 0.2) is 16.6 Å². The van der Waals surface area contributed by atoms with Gasteiger partial charge in [0.05, 0.1) is 0 Å². The van der Waals surface area contributed by atoms with Crippen molar-refractivity contribution in [3.8, 4) is 0 Å². The van der Waals surface area contributed by atoms with Gasteiger partial charge in [0.1, 0.15) is 0 Å². The Kier molecular flexibility index (Phi) is 10.3. The fraction of sp³-hybridized carbons (Fsp3) is 1.00. The quantitative estimate of drug-likeness (QED) is 0.388. The van der Waals surface area contributed by atoms with Gasteiger partial charge in [-0.2, -0.15) is 8.42 Å². The van der Waals surface area contributed by atoms with Gasteiger partial charge in [-0.3, -0.25) is 9.11 Å². The van der Waals surface area contributed by atoms with Crippen LogP contribution < -0.4 is 0 Å². The molecule has 4 N–H and O–H groups in total. The van der Waals surface area contributed by atoms with Gasteiger partial charge in [0.25, 0.3) is 0 Å². The first kappa shape index (κ1) is 20.6. The van der Waals surface area contributed by atoms with Crippen LogP contribution in [-0.2, 0) is 10.4 Å². The Morgan fingerprint density at radius 2 is 0.733 bits per heavy atom. The van der Waals surface area contributed by atoms with Crippen LogP contribution in [-0.4, -0.2) is 43.7 Å². The highest BCUT2D eigenvalue weighted by Gasteiger charge is 2.04. The fourth-order valence-electron chi connectivity index (χ4n) is 0. The van der Waals surface area contributed by atoms with Crippen LogP contribution in [0.25, 0.3) is 0 Å². The summed E-state index contributed by atoms with van der Waals surface area (Å²) >= 11 is 0. The molecule has 0 atom stereocenters. The lowest BCUT2D eigenvalue weighted by Crippen LogP contribution is -2.17. The first-order valence-corrected chi connectivity index (χ1v) is 12.4. The smallest absolute Gasteiger partial charge is 0.394 e. The molecule has 0 saturated heterocycles. The Morgan fingerprint density at radius 3 is 0.733 bits per heavy atom. The lowest BCUT2D eigenvalue weighted by atomic mass is 11.8. The summed E-state index contributed by atoms with van der Waals surface area (Å²) in [6.07, 6.45) is 0. The van der Waals surface area contributed by atoms with Crippen LogP contribution in [0.1, 0.15) is 0 Å². The standard InChI is InChI=1S/2C3H10OSi.H2O4S/c3*1-5(2,3)4/h2*4H,1-3H3;(H2,1,2,3,4). The van der Waals surface area contributed by atoms with Crippen LogP contribution in [0.5, 0.6) is 0 Å². The summed E-state index contributed by atoms with van der Waals surface area (Å²) in [4.78, 5) is 17.3. The molecule has 15 heavy (non-hydrogen) atoms. The van der Waals surface area contributed by atoms with Crippen molar-refractivity contribution in [3.63, 3.8) is 0 Å². The number of hydrogen-bond donors (Lipinski definition) is 4. The van der Waals surface area contributed by atoms with E-state index in [4.69, 9.17) is 27.1 Å². The van der Waals surface area contributed by atoms with Crippen LogP contribution in [0, 0.1) is 0 Å². The molecule has 0 aromatic carbocycles. The van der Waals surface area contributed by atoms with Crippen LogP contribution in [0.4, 0.5) is 0 Å². The zero-order valence-corrected chi connectivity index (χ0v) is 12.8. The molecule has 0 spiro atoms. The van der Waals surface area contributed by atoms with Crippen molar-refractivity contribution >= 4 is 27.0 Å². The van der Waals surface area contributed by atoms with Gasteiger partial charge >= 0.3 is 10.4 Å². The average molecular weight is 278 g/mol. The molecule has 0 amide bonds. The molecule has 96 valence electrons. The van der Waals surface area contributed by atoms with Crippen molar-refractivity contribution in [1.82, 2.24) is 0 Å². The lowest BCUT2D eigenvalue weighted by Gasteiger charge is -2.00. The molecular formula is C6H22O6SSi2. The molecule has 0 saturated carbocycles. The Hall–Kier alpha value is 0.224. The molecule has 0 aromatic rings. The summed E-state index contributed by atoms with van der Waals surface area (Å²) in [6.45, 7) is 11.3. The van der Waals surface area contributed by atoms with Crippen molar-refractivity contribution < 1.29 is 27.1 Å². The van der Waals surface area contributed by atoms with Gasteiger partial charge < -0.3 is 9.59 Å². The van der Waals surface area contributed by atoms with Crippen LogP contribution in [0.15, 0.2) is 0 Å². The Balaban J connectivity index is -0.000000144. The Morgan fingerprint density at radius 1 is 0.733 bits per heavy atom. The van der Waals surface area contributed by atoms with Gasteiger partial charge in [-0.25, -0.2) is 0 Å². The van der Waals surface area contributed by atoms with Crippen LogP contribution in [0.2, 0.25) is 39.3 Å². The van der Waals surface area contributed by atoms with E-state index in [0.29, 0.717) is 0 Å². The first-order valence-electron chi connectivity index (χ1n) is 4.15. The van der Waals surface area contributed by atoms with E-state index in [1.54, 1.807) is 0 Å². The summed E-state index contributed by atoms with van der Waals surface area (Å²) in [5.41, 5.74) is 0. The third kappa shape index (κ3) is 42400. The maximum atomic E-state index is 8.74. The van der Waals surface area contributed by atoms with E-state index >= 15 is 0 Å². The van der Waals surface area contributed by atoms with E-state index in [1.165, 1.54) is 0 Å². The van der Waals surface area contributed by atoms with Crippen LogP contribution >= 0.6 is 0 Å². The van der Waals surface area contributed by atoms with E-state index in [1.807, 2.05) is 39.3 Å². The highest BCUT2D eigenvalue weighted by atomic mass is 32.3. The van der Waals surface area contributed by atoms with E-state index in [2.05, 4.69) is 0 Å². The maximum Gasteiger partial charge on any atom is 0.394 e. The summed E-state index contributed by atoms with van der Waals surface area (Å²) in [5, 5.41) is 0. The molecule has 0 radical (unpaired) electrons. The molecule has 0 rings (SSSR count). The molecule has 0 aliphatic carbocycles. The minimum absolute atomic E-state index is 1.61. The lowest BCUT2D eigenvalue weighted by molar-refractivity contribution is 0.381. The first-order chi connectivity index (χ1) is 6.00. The largest absolute Gasteiger partial charge is 0.433 e. The molecule has 0 heterocycles. The number of hydrogen-bond acceptors (Lipinski definition) is 4. The van der Waals surface area contributed by atoms with Gasteiger partial charge in [-0.1, -0.05) is 0 Å². The minimum Gasteiger partial charge on any atom is -0.433 e. The molecule has 0 fully saturated rings. The predicted molar refractivity (Wildman–Crippen MR) is 65.3 cm³/mol. The Labute approximate surface area is 93.8 Å². The summed E-state index contributed by atoms with van der Waals surface area (Å²) in [7, 11) is -7.89. The molecule has 6 nitrogen and oxygen atoms in total. The zero-order chi connectivity index (χ0) is 13.5. The minimum atomic E-state index is -4.67. The van der Waals surface area contributed by atoms with Gasteiger partial charge in [0, 0.05) is 0 Å². The van der Waals surface area contributed by atoms with Crippen molar-refractivity contribution in [3.05, 3.63) is 0 Å². The molecule has 0 aliphatic rings. The second kappa shape index (κ2) is 7.49. The highest BCUT2D eigenvalue weighted by molar-refractivity contribution is 7.79. The van der Waals surface area contributed by atoms with E-state index in [0.717, 1.165) is 0 Å². The van der Waals surface area contributed by atoms with Gasteiger partial charge in [-0.05, 0) is 39.3 Å². The van der Waals surface area contributed by atoms with Gasteiger partial charge in [0.2, 0.25) is 0 Å². The van der Waals surface area contributed by atoms with Crippen LogP contribution in [0.3, 0.4) is 0 Å². The zero-order valence-electron chi connectivity index (χ0n) is 10.0. The van der Waals surface area contributed by atoms with Crippen molar-refractivity contribution in [1.29, 1.82) is 0 Å². The average Bonchev–Trinajstić information content (AvgIpc) is 1.41. The number of rotatable bonds is 0. The SMILES string of the molecule is C[Si](C)(C)O.C[Si](C)(C)O.O=S(=O)(O)O. The summed E-state index contributed by atoms with van der Waals surface area (Å²) in [5.74, 6) is 0. The summed E-state index contributed by atoms with van der Waals surface area (Å²) < 4.78 is 31.6. The predicted octanol–water partition coefficient (Wildman–Crippen LogP) is 0.974. The fourth-order valence-corrected chi connectivity index (χ4v) is 0. The highest BCUT2D eigenvalue weighted by Crippen LogP contribution is 1.89. The molecule has 0 unspecified atom stereocenters. The van der Waals surface area contributed by atoms with Crippen molar-refractivity contribution in [2.75, 3.05) is 0 Å². The van der Waals surface area contributed by atoms with Gasteiger partial charge in [-0.15, -0.1) is 0 Å². The maximum absolute atomic E-state index is 8.74. The van der Waals surface area contributed by atoms with Crippen molar-refractivity contribution in [2.45, 2.75) is 39.3 Å². The van der Waals surface area contributed by atoms with Crippen molar-refractivity contribution in [2.24, 2.45) is 0 Å². The van der Waals surface area contributed by atoms with E-state index in [-0.39, 0.29) is 0 Å². The van der Waals surface area contributed by atoms with E-state index < -0.39 is 27.0 Å². The molecule has 9 heteroatoms. The topological polar surface area (TPSA) is 115 Å². The molecule has 0 aromatic heterocycles. The molecule has 0 aliphatic heterocycles.